The number of ketones is 2. The molecular weight excluding hydrogens is 293 g/mol. The topological polar surface area (TPSA) is 118 Å². The highest BCUT2D eigenvalue weighted by Crippen LogP contribution is 2.39. The molecule has 0 spiro atoms. The molecule has 0 bridgehead atoms. The van der Waals surface area contributed by atoms with Crippen molar-refractivity contribution in [2.75, 3.05) is 5.73 Å². The molecule has 0 atom stereocenters. The second-order valence-electron chi connectivity index (χ2n) is 4.67. The molecule has 106 valence electrons. The van der Waals surface area contributed by atoms with Gasteiger partial charge in [0.25, 0.3) is 0 Å². The normalized spacial score (nSPS) is 13.8. The van der Waals surface area contributed by atoms with Crippen LogP contribution in [0.5, 0.6) is 0 Å². The summed E-state index contributed by atoms with van der Waals surface area (Å²) in [5.41, 5.74) is 5.77. The molecule has 0 saturated carbocycles. The Morgan fingerprint density at radius 3 is 2.00 bits per heavy atom. The molecular formula is C14H10NO5P. The summed E-state index contributed by atoms with van der Waals surface area (Å²) in [5, 5.41) is -0.443. The van der Waals surface area contributed by atoms with Crippen molar-refractivity contribution < 1.29 is 23.9 Å². The van der Waals surface area contributed by atoms with E-state index in [2.05, 4.69) is 0 Å². The minimum absolute atomic E-state index is 0.0633. The van der Waals surface area contributed by atoms with Gasteiger partial charge in [0.2, 0.25) is 0 Å². The summed E-state index contributed by atoms with van der Waals surface area (Å²) in [5.74, 6) is -0.892. The fraction of sp³-hybridized carbons (Fsp3) is 0. The number of nitrogens with two attached hydrogens (primary N) is 1. The van der Waals surface area contributed by atoms with E-state index in [4.69, 9.17) is 5.73 Å². The van der Waals surface area contributed by atoms with Gasteiger partial charge in [-0.15, -0.1) is 0 Å². The molecule has 0 unspecified atom stereocenters. The second-order valence-corrected chi connectivity index (χ2v) is 6.24. The predicted octanol–water partition coefficient (Wildman–Crippen LogP) is 0.847. The minimum Gasteiger partial charge on any atom is -0.397 e. The molecule has 0 amide bonds. The standard InChI is InChI=1S/C14H10NO5P/c15-12-10(21(18,19)20)6-5-9-11(12)14(17)8-4-2-1-3-7(8)13(9)16/h1-6H,15H2,(H2,18,19,20). The summed E-state index contributed by atoms with van der Waals surface area (Å²) >= 11 is 0. The smallest absolute Gasteiger partial charge is 0.358 e. The van der Waals surface area contributed by atoms with Crippen LogP contribution in [0.4, 0.5) is 5.69 Å². The summed E-state index contributed by atoms with van der Waals surface area (Å²) in [7, 11) is -4.62. The number of anilines is 1. The fourth-order valence-electron chi connectivity index (χ4n) is 2.46. The Balaban J connectivity index is 2.34. The van der Waals surface area contributed by atoms with Gasteiger partial charge in [0.05, 0.1) is 16.6 Å². The van der Waals surface area contributed by atoms with Crippen molar-refractivity contribution in [3.63, 3.8) is 0 Å². The Bertz CT molecular complexity index is 852. The lowest BCUT2D eigenvalue weighted by molar-refractivity contribution is 0.0980. The Labute approximate surface area is 119 Å². The third-order valence-corrected chi connectivity index (χ3v) is 4.44. The predicted molar refractivity (Wildman–Crippen MR) is 75.8 cm³/mol. The first-order valence-electron chi connectivity index (χ1n) is 5.99. The fourth-order valence-corrected chi connectivity index (χ4v) is 3.15. The first-order chi connectivity index (χ1) is 9.82. The van der Waals surface area contributed by atoms with Crippen molar-refractivity contribution in [3.05, 3.63) is 58.7 Å². The molecule has 0 saturated heterocycles. The zero-order valence-corrected chi connectivity index (χ0v) is 11.5. The Hall–Kier alpha value is -2.27. The maximum Gasteiger partial charge on any atom is 0.358 e. The van der Waals surface area contributed by atoms with Gasteiger partial charge in [-0.05, 0) is 12.1 Å². The van der Waals surface area contributed by atoms with E-state index < -0.39 is 18.7 Å². The first-order valence-corrected chi connectivity index (χ1v) is 7.60. The van der Waals surface area contributed by atoms with Crippen molar-refractivity contribution in [1.29, 1.82) is 0 Å². The SMILES string of the molecule is Nc1c(P(=O)(O)O)ccc2c1C(=O)c1ccccc1C2=O. The quantitative estimate of drug-likeness (QED) is 0.453. The number of fused-ring (bicyclic) bond motifs is 2. The highest BCUT2D eigenvalue weighted by molar-refractivity contribution is 7.60. The van der Waals surface area contributed by atoms with Gasteiger partial charge in [-0.1, -0.05) is 24.3 Å². The number of carbonyl (C=O) groups excluding carboxylic acids is 2. The summed E-state index contributed by atoms with van der Waals surface area (Å²) in [6.07, 6.45) is 0. The van der Waals surface area contributed by atoms with Gasteiger partial charge in [-0.25, -0.2) is 0 Å². The lowest BCUT2D eigenvalue weighted by atomic mass is 9.83. The highest BCUT2D eigenvalue weighted by atomic mass is 31.2. The van der Waals surface area contributed by atoms with Crippen LogP contribution in [0.2, 0.25) is 0 Å². The van der Waals surface area contributed by atoms with Crippen molar-refractivity contribution in [2.45, 2.75) is 0 Å². The molecule has 0 heterocycles. The molecule has 4 N–H and O–H groups in total. The third-order valence-electron chi connectivity index (χ3n) is 3.42. The highest BCUT2D eigenvalue weighted by Gasteiger charge is 2.34. The van der Waals surface area contributed by atoms with Gasteiger partial charge < -0.3 is 15.5 Å². The molecule has 0 aliphatic heterocycles. The maximum absolute atomic E-state index is 12.5. The zero-order chi connectivity index (χ0) is 15.4. The van der Waals surface area contributed by atoms with Crippen LogP contribution in [0.15, 0.2) is 36.4 Å². The molecule has 2 aromatic rings. The van der Waals surface area contributed by atoms with E-state index in [-0.39, 0.29) is 33.7 Å². The van der Waals surface area contributed by atoms with E-state index in [0.717, 1.165) is 6.07 Å². The van der Waals surface area contributed by atoms with E-state index in [1.165, 1.54) is 18.2 Å². The molecule has 3 rings (SSSR count). The van der Waals surface area contributed by atoms with Gasteiger partial charge in [0.15, 0.2) is 11.6 Å². The second kappa shape index (κ2) is 4.36. The molecule has 0 aromatic heterocycles. The van der Waals surface area contributed by atoms with E-state index in [1.54, 1.807) is 12.1 Å². The van der Waals surface area contributed by atoms with E-state index >= 15 is 0 Å². The monoisotopic (exact) mass is 303 g/mol. The van der Waals surface area contributed by atoms with Crippen LogP contribution >= 0.6 is 7.60 Å². The van der Waals surface area contributed by atoms with Gasteiger partial charge >= 0.3 is 7.60 Å². The summed E-state index contributed by atoms with van der Waals surface area (Å²) in [4.78, 5) is 43.3. The van der Waals surface area contributed by atoms with Crippen LogP contribution in [0.1, 0.15) is 31.8 Å². The van der Waals surface area contributed by atoms with E-state index in [0.29, 0.717) is 0 Å². The number of hydrogen-bond donors (Lipinski definition) is 3. The number of hydrogen-bond acceptors (Lipinski definition) is 4. The summed E-state index contributed by atoms with van der Waals surface area (Å²) in [6, 6.07) is 8.60. The molecule has 2 aromatic carbocycles. The average molecular weight is 303 g/mol. The molecule has 6 nitrogen and oxygen atoms in total. The molecule has 1 aliphatic rings. The van der Waals surface area contributed by atoms with Crippen LogP contribution in [0.25, 0.3) is 0 Å². The van der Waals surface area contributed by atoms with E-state index in [9.17, 15) is 23.9 Å². The molecule has 7 heteroatoms. The Kier molecular flexibility index (Phi) is 2.85. The Morgan fingerprint density at radius 2 is 1.43 bits per heavy atom. The number of carbonyl (C=O) groups is 2. The number of benzene rings is 2. The van der Waals surface area contributed by atoms with Gasteiger partial charge in [0, 0.05) is 16.7 Å². The van der Waals surface area contributed by atoms with Crippen molar-refractivity contribution in [3.8, 4) is 0 Å². The van der Waals surface area contributed by atoms with Crippen LogP contribution < -0.4 is 11.0 Å². The largest absolute Gasteiger partial charge is 0.397 e. The summed E-state index contributed by atoms with van der Waals surface area (Å²) in [6.45, 7) is 0. The van der Waals surface area contributed by atoms with Crippen LogP contribution in [-0.2, 0) is 4.57 Å². The van der Waals surface area contributed by atoms with Crippen molar-refractivity contribution in [1.82, 2.24) is 0 Å². The molecule has 0 fully saturated rings. The molecule has 0 radical (unpaired) electrons. The van der Waals surface area contributed by atoms with Crippen LogP contribution in [0.3, 0.4) is 0 Å². The Morgan fingerprint density at radius 1 is 0.857 bits per heavy atom. The summed E-state index contributed by atoms with van der Waals surface area (Å²) < 4.78 is 11.4. The third kappa shape index (κ3) is 1.93. The lowest BCUT2D eigenvalue weighted by Crippen LogP contribution is -2.26. The minimum atomic E-state index is -4.62. The van der Waals surface area contributed by atoms with Crippen LogP contribution in [0, 0.1) is 0 Å². The van der Waals surface area contributed by atoms with Gasteiger partial charge in [-0.3, -0.25) is 14.2 Å². The molecule has 21 heavy (non-hydrogen) atoms. The van der Waals surface area contributed by atoms with Crippen LogP contribution in [-0.4, -0.2) is 21.4 Å². The van der Waals surface area contributed by atoms with Gasteiger partial charge in [-0.2, -0.15) is 0 Å². The first kappa shape index (κ1) is 13.7. The van der Waals surface area contributed by atoms with Gasteiger partial charge in [0.1, 0.15) is 0 Å². The zero-order valence-electron chi connectivity index (χ0n) is 10.6. The number of rotatable bonds is 1. The molecule has 1 aliphatic carbocycles. The average Bonchev–Trinajstić information content (AvgIpc) is 2.43. The number of nitrogen functional groups attached to an aromatic ring is 1. The maximum atomic E-state index is 12.5. The van der Waals surface area contributed by atoms with Crippen molar-refractivity contribution in [2.24, 2.45) is 0 Å². The van der Waals surface area contributed by atoms with Crippen molar-refractivity contribution >= 4 is 30.2 Å². The van der Waals surface area contributed by atoms with E-state index in [1.807, 2.05) is 0 Å². The lowest BCUT2D eigenvalue weighted by Gasteiger charge is -2.20.